The molecule has 2 aromatic carbocycles. The minimum absolute atomic E-state index is 0.0968. The maximum Gasteiger partial charge on any atom is 0.269 e. The van der Waals surface area contributed by atoms with E-state index in [1.165, 1.54) is 37.4 Å². The molecule has 0 saturated heterocycles. The van der Waals surface area contributed by atoms with Gasteiger partial charge in [0, 0.05) is 11.1 Å². The number of hydrazine groups is 1. The van der Waals surface area contributed by atoms with E-state index in [1.807, 2.05) is 6.92 Å². The highest BCUT2D eigenvalue weighted by molar-refractivity contribution is 5.99. The third kappa shape index (κ3) is 4.22. The molecule has 0 atom stereocenters. The highest BCUT2D eigenvalue weighted by atomic mass is 19.1. The van der Waals surface area contributed by atoms with Crippen LogP contribution in [-0.4, -0.2) is 25.5 Å². The third-order valence-electron chi connectivity index (χ3n) is 3.10. The number of hydrogen-bond acceptors (Lipinski definition) is 4. The van der Waals surface area contributed by atoms with Gasteiger partial charge in [-0.05, 0) is 43.3 Å². The summed E-state index contributed by atoms with van der Waals surface area (Å²) in [5.41, 5.74) is 4.86. The van der Waals surface area contributed by atoms with Crippen LogP contribution in [0, 0.1) is 5.82 Å². The van der Waals surface area contributed by atoms with E-state index in [1.54, 1.807) is 6.07 Å². The van der Waals surface area contributed by atoms with Crippen molar-refractivity contribution in [1.29, 1.82) is 0 Å². The Kier molecular flexibility index (Phi) is 5.73. The SMILES string of the molecule is CCOc1ccc(C(=O)NNC(=O)c2cccc(F)c2)cc1OC. The molecule has 0 heterocycles. The Bertz CT molecular complexity index is 749. The number of rotatable bonds is 5. The Morgan fingerprint density at radius 2 is 1.67 bits per heavy atom. The largest absolute Gasteiger partial charge is 0.493 e. The molecule has 0 unspecified atom stereocenters. The van der Waals surface area contributed by atoms with Gasteiger partial charge in [-0.1, -0.05) is 6.07 Å². The third-order valence-corrected chi connectivity index (χ3v) is 3.10. The van der Waals surface area contributed by atoms with Gasteiger partial charge in [0.25, 0.3) is 11.8 Å². The van der Waals surface area contributed by atoms with E-state index in [4.69, 9.17) is 9.47 Å². The second kappa shape index (κ2) is 7.96. The minimum atomic E-state index is -0.624. The summed E-state index contributed by atoms with van der Waals surface area (Å²) < 4.78 is 23.6. The lowest BCUT2D eigenvalue weighted by Gasteiger charge is -2.11. The molecular formula is C17H17FN2O4. The molecule has 0 fully saturated rings. The van der Waals surface area contributed by atoms with Crippen LogP contribution in [0.2, 0.25) is 0 Å². The summed E-state index contributed by atoms with van der Waals surface area (Å²) >= 11 is 0. The van der Waals surface area contributed by atoms with Crippen molar-refractivity contribution in [3.05, 3.63) is 59.4 Å². The summed E-state index contributed by atoms with van der Waals surface area (Å²) in [5, 5.41) is 0. The lowest BCUT2D eigenvalue weighted by molar-refractivity contribution is 0.0846. The van der Waals surface area contributed by atoms with Crippen molar-refractivity contribution < 1.29 is 23.5 Å². The monoisotopic (exact) mass is 332 g/mol. The average Bonchev–Trinajstić information content (AvgIpc) is 2.60. The van der Waals surface area contributed by atoms with Crippen LogP contribution in [0.25, 0.3) is 0 Å². The van der Waals surface area contributed by atoms with E-state index >= 15 is 0 Å². The van der Waals surface area contributed by atoms with Gasteiger partial charge in [0.05, 0.1) is 13.7 Å². The standard InChI is InChI=1S/C17H17FN2O4/c1-3-24-14-8-7-12(10-15(14)23-2)17(22)20-19-16(21)11-5-4-6-13(18)9-11/h4-10H,3H2,1-2H3,(H,19,21)(H,20,22). The second-order valence-corrected chi connectivity index (χ2v) is 4.72. The number of carbonyl (C=O) groups excluding carboxylic acids is 2. The smallest absolute Gasteiger partial charge is 0.269 e. The summed E-state index contributed by atoms with van der Waals surface area (Å²) in [6.07, 6.45) is 0. The lowest BCUT2D eigenvalue weighted by Crippen LogP contribution is -2.41. The van der Waals surface area contributed by atoms with Crippen LogP contribution < -0.4 is 20.3 Å². The molecule has 126 valence electrons. The Balaban J connectivity index is 2.03. The van der Waals surface area contributed by atoms with Crippen molar-refractivity contribution in [3.8, 4) is 11.5 Å². The Morgan fingerprint density at radius 3 is 2.25 bits per heavy atom. The van der Waals surface area contributed by atoms with Crippen LogP contribution in [0.15, 0.2) is 42.5 Å². The number of amides is 2. The molecule has 0 aliphatic rings. The van der Waals surface area contributed by atoms with E-state index < -0.39 is 17.6 Å². The van der Waals surface area contributed by atoms with E-state index in [2.05, 4.69) is 10.9 Å². The Hall–Kier alpha value is -3.09. The first-order chi connectivity index (χ1) is 11.5. The number of hydrogen-bond donors (Lipinski definition) is 2. The quantitative estimate of drug-likeness (QED) is 0.824. The van der Waals surface area contributed by atoms with Gasteiger partial charge < -0.3 is 9.47 Å². The summed E-state index contributed by atoms with van der Waals surface area (Å²) in [5.74, 6) is -0.784. The van der Waals surface area contributed by atoms with Gasteiger partial charge in [0.1, 0.15) is 5.82 Å². The fourth-order valence-corrected chi connectivity index (χ4v) is 1.97. The van der Waals surface area contributed by atoms with Gasteiger partial charge in [-0.2, -0.15) is 0 Å². The van der Waals surface area contributed by atoms with Gasteiger partial charge in [0.15, 0.2) is 11.5 Å². The predicted molar refractivity (Wildman–Crippen MR) is 85.5 cm³/mol. The van der Waals surface area contributed by atoms with Crippen LogP contribution in [0.4, 0.5) is 4.39 Å². The number of halogens is 1. The number of benzene rings is 2. The first-order valence-corrected chi connectivity index (χ1v) is 7.22. The van der Waals surface area contributed by atoms with Crippen molar-refractivity contribution >= 4 is 11.8 Å². The summed E-state index contributed by atoms with van der Waals surface area (Å²) in [6.45, 7) is 2.30. The van der Waals surface area contributed by atoms with Gasteiger partial charge in [-0.25, -0.2) is 4.39 Å². The van der Waals surface area contributed by atoms with Crippen LogP contribution >= 0.6 is 0 Å². The van der Waals surface area contributed by atoms with Crippen LogP contribution in [0.1, 0.15) is 27.6 Å². The van der Waals surface area contributed by atoms with Crippen LogP contribution in [0.3, 0.4) is 0 Å². The van der Waals surface area contributed by atoms with E-state index in [9.17, 15) is 14.0 Å². The van der Waals surface area contributed by atoms with Gasteiger partial charge >= 0.3 is 0 Å². The zero-order valence-corrected chi connectivity index (χ0v) is 13.3. The zero-order chi connectivity index (χ0) is 17.5. The van der Waals surface area contributed by atoms with Crippen molar-refractivity contribution in [2.75, 3.05) is 13.7 Å². The van der Waals surface area contributed by atoms with E-state index in [0.717, 1.165) is 6.07 Å². The van der Waals surface area contributed by atoms with Crippen molar-refractivity contribution in [2.45, 2.75) is 6.92 Å². The van der Waals surface area contributed by atoms with Crippen LogP contribution in [0.5, 0.6) is 11.5 Å². The average molecular weight is 332 g/mol. The summed E-state index contributed by atoms with van der Waals surface area (Å²) in [7, 11) is 1.46. The molecule has 0 aliphatic heterocycles. The number of nitrogens with one attached hydrogen (secondary N) is 2. The number of carbonyl (C=O) groups is 2. The Labute approximate surface area is 138 Å². The van der Waals surface area contributed by atoms with E-state index in [-0.39, 0.29) is 11.1 Å². The van der Waals surface area contributed by atoms with Crippen molar-refractivity contribution in [2.24, 2.45) is 0 Å². The van der Waals surface area contributed by atoms with Gasteiger partial charge in [0.2, 0.25) is 0 Å². The van der Waals surface area contributed by atoms with Crippen molar-refractivity contribution in [1.82, 2.24) is 10.9 Å². The molecule has 0 radical (unpaired) electrons. The number of ether oxygens (including phenoxy) is 2. The first-order valence-electron chi connectivity index (χ1n) is 7.22. The molecule has 0 spiro atoms. The normalized spacial score (nSPS) is 9.96. The number of methoxy groups -OCH3 is 1. The fraction of sp³-hybridized carbons (Fsp3) is 0.176. The van der Waals surface area contributed by atoms with E-state index in [0.29, 0.717) is 18.1 Å². The zero-order valence-electron chi connectivity index (χ0n) is 13.3. The van der Waals surface area contributed by atoms with Gasteiger partial charge in [-0.15, -0.1) is 0 Å². The summed E-state index contributed by atoms with van der Waals surface area (Å²) in [4.78, 5) is 23.9. The molecular weight excluding hydrogens is 315 g/mol. The fourth-order valence-electron chi connectivity index (χ4n) is 1.97. The molecule has 2 N–H and O–H groups in total. The molecule has 2 rings (SSSR count). The highest BCUT2D eigenvalue weighted by Gasteiger charge is 2.13. The highest BCUT2D eigenvalue weighted by Crippen LogP contribution is 2.27. The molecule has 2 aromatic rings. The summed E-state index contributed by atoms with van der Waals surface area (Å²) in [6, 6.07) is 9.77. The Morgan fingerprint density at radius 1 is 1.00 bits per heavy atom. The molecule has 24 heavy (non-hydrogen) atoms. The maximum atomic E-state index is 13.1. The maximum absolute atomic E-state index is 13.1. The predicted octanol–water partition coefficient (Wildman–Crippen LogP) is 2.31. The molecule has 6 nitrogen and oxygen atoms in total. The molecule has 7 heteroatoms. The molecule has 0 aromatic heterocycles. The molecule has 2 amide bonds. The first kappa shape index (κ1) is 17.3. The molecule has 0 bridgehead atoms. The van der Waals surface area contributed by atoms with Crippen molar-refractivity contribution in [3.63, 3.8) is 0 Å². The lowest BCUT2D eigenvalue weighted by atomic mass is 10.2. The topological polar surface area (TPSA) is 76.7 Å². The van der Waals surface area contributed by atoms with Gasteiger partial charge in [-0.3, -0.25) is 20.4 Å². The molecule has 0 aliphatic carbocycles. The second-order valence-electron chi connectivity index (χ2n) is 4.72. The minimum Gasteiger partial charge on any atom is -0.493 e. The molecule has 0 saturated carbocycles. The van der Waals surface area contributed by atoms with Crippen LogP contribution in [-0.2, 0) is 0 Å².